The van der Waals surface area contributed by atoms with Crippen LogP contribution in [0, 0.1) is 0 Å². The lowest BCUT2D eigenvalue weighted by molar-refractivity contribution is 0.191. The number of rotatable bonds is 8. The average Bonchev–Trinajstić information content (AvgIpc) is 2.74. The predicted octanol–water partition coefficient (Wildman–Crippen LogP) is 3.44. The van der Waals surface area contributed by atoms with Crippen LogP contribution < -0.4 is 9.62 Å². The normalized spacial score (nSPS) is 12.4. The molecule has 0 aliphatic rings. The van der Waals surface area contributed by atoms with Crippen LogP contribution in [0.15, 0.2) is 83.9 Å². The number of aromatic nitrogens is 1. The van der Waals surface area contributed by atoms with Gasteiger partial charge in [-0.3, -0.25) is 4.31 Å². The maximum absolute atomic E-state index is 13.0. The number of pyridine rings is 1. The largest absolute Gasteiger partial charge is 0.387 e. The summed E-state index contributed by atoms with van der Waals surface area (Å²) in [5.74, 6) is 0.497. The Morgan fingerprint density at radius 2 is 1.64 bits per heavy atom. The first-order valence-electron chi connectivity index (χ1n) is 9.03. The number of aliphatic hydroxyl groups is 1. The Labute approximate surface area is 165 Å². The monoisotopic (exact) mass is 397 g/mol. The SMILES string of the molecule is CCN(c1ccccc1)S(=O)(=O)c1ccc(NC[C@@H](O)c2ccccc2)nc1. The van der Waals surface area contributed by atoms with Crippen molar-refractivity contribution >= 4 is 21.5 Å². The van der Waals surface area contributed by atoms with E-state index in [1.165, 1.54) is 16.6 Å². The lowest BCUT2D eigenvalue weighted by Crippen LogP contribution is -2.30. The molecular weight excluding hydrogens is 374 g/mol. The van der Waals surface area contributed by atoms with Gasteiger partial charge < -0.3 is 10.4 Å². The third-order valence-electron chi connectivity index (χ3n) is 4.32. The number of para-hydroxylation sites is 1. The van der Waals surface area contributed by atoms with Crippen LogP contribution in [0.25, 0.3) is 0 Å². The highest BCUT2D eigenvalue weighted by molar-refractivity contribution is 7.92. The highest BCUT2D eigenvalue weighted by atomic mass is 32.2. The van der Waals surface area contributed by atoms with Gasteiger partial charge in [-0.2, -0.15) is 0 Å². The molecule has 0 amide bonds. The first-order valence-corrected chi connectivity index (χ1v) is 10.5. The summed E-state index contributed by atoms with van der Waals surface area (Å²) in [4.78, 5) is 4.31. The Morgan fingerprint density at radius 3 is 2.21 bits per heavy atom. The van der Waals surface area contributed by atoms with E-state index in [1.54, 1.807) is 37.3 Å². The summed E-state index contributed by atoms with van der Waals surface area (Å²) in [6.07, 6.45) is 0.651. The van der Waals surface area contributed by atoms with Gasteiger partial charge in [-0.05, 0) is 36.8 Å². The molecule has 0 fully saturated rings. The summed E-state index contributed by atoms with van der Waals surface area (Å²) in [5.41, 5.74) is 1.41. The third-order valence-corrected chi connectivity index (χ3v) is 6.20. The van der Waals surface area contributed by atoms with E-state index in [0.717, 1.165) is 5.56 Å². The number of benzene rings is 2. The van der Waals surface area contributed by atoms with Crippen molar-refractivity contribution in [2.45, 2.75) is 17.9 Å². The molecule has 1 heterocycles. The van der Waals surface area contributed by atoms with E-state index in [-0.39, 0.29) is 11.4 Å². The van der Waals surface area contributed by atoms with Crippen LogP contribution in [0.3, 0.4) is 0 Å². The molecule has 146 valence electrons. The van der Waals surface area contributed by atoms with Crippen molar-refractivity contribution in [2.24, 2.45) is 0 Å². The van der Waals surface area contributed by atoms with Gasteiger partial charge in [0.25, 0.3) is 10.0 Å². The fourth-order valence-electron chi connectivity index (χ4n) is 2.84. The molecule has 28 heavy (non-hydrogen) atoms. The maximum atomic E-state index is 13.0. The Morgan fingerprint density at radius 1 is 1.00 bits per heavy atom. The van der Waals surface area contributed by atoms with E-state index in [1.807, 2.05) is 36.4 Å². The van der Waals surface area contributed by atoms with E-state index in [4.69, 9.17) is 0 Å². The van der Waals surface area contributed by atoms with Crippen LogP contribution in [0.1, 0.15) is 18.6 Å². The molecule has 0 aliphatic heterocycles. The van der Waals surface area contributed by atoms with E-state index in [9.17, 15) is 13.5 Å². The molecule has 3 rings (SSSR count). The number of nitrogens with zero attached hydrogens (tertiary/aromatic N) is 2. The van der Waals surface area contributed by atoms with Crippen LogP contribution in [-0.2, 0) is 10.0 Å². The summed E-state index contributed by atoms with van der Waals surface area (Å²) in [6.45, 7) is 2.38. The zero-order valence-corrected chi connectivity index (χ0v) is 16.4. The Bertz CT molecular complexity index is 978. The van der Waals surface area contributed by atoms with Gasteiger partial charge in [-0.25, -0.2) is 13.4 Å². The Hall–Kier alpha value is -2.90. The Kier molecular flexibility index (Phi) is 6.28. The first kappa shape index (κ1) is 19.9. The number of hydrogen-bond acceptors (Lipinski definition) is 5. The van der Waals surface area contributed by atoms with Gasteiger partial charge in [0, 0.05) is 19.3 Å². The summed E-state index contributed by atoms with van der Waals surface area (Å²) in [7, 11) is -3.70. The minimum Gasteiger partial charge on any atom is -0.387 e. The van der Waals surface area contributed by atoms with Crippen LogP contribution in [0.4, 0.5) is 11.5 Å². The second-order valence-electron chi connectivity index (χ2n) is 6.19. The lowest BCUT2D eigenvalue weighted by Gasteiger charge is -2.22. The highest BCUT2D eigenvalue weighted by Gasteiger charge is 2.23. The topological polar surface area (TPSA) is 82.5 Å². The number of sulfonamides is 1. The second-order valence-corrected chi connectivity index (χ2v) is 8.05. The minimum absolute atomic E-state index is 0.118. The van der Waals surface area contributed by atoms with Gasteiger partial charge in [0.15, 0.2) is 0 Å². The third kappa shape index (κ3) is 4.49. The number of hydrogen-bond donors (Lipinski definition) is 2. The average molecular weight is 398 g/mol. The van der Waals surface area contributed by atoms with Crippen molar-refractivity contribution in [3.8, 4) is 0 Å². The molecule has 0 bridgehead atoms. The summed E-state index contributed by atoms with van der Waals surface area (Å²) in [6, 6.07) is 21.4. The molecular formula is C21H23N3O3S. The van der Waals surface area contributed by atoms with Crippen molar-refractivity contribution in [3.63, 3.8) is 0 Å². The molecule has 0 spiro atoms. The zero-order valence-electron chi connectivity index (χ0n) is 15.6. The van der Waals surface area contributed by atoms with Gasteiger partial charge >= 0.3 is 0 Å². The van der Waals surface area contributed by atoms with Gasteiger partial charge in [-0.15, -0.1) is 0 Å². The van der Waals surface area contributed by atoms with Gasteiger partial charge in [0.05, 0.1) is 11.8 Å². The van der Waals surface area contributed by atoms with Crippen LogP contribution in [0.2, 0.25) is 0 Å². The number of aliphatic hydroxyl groups excluding tert-OH is 1. The van der Waals surface area contributed by atoms with Gasteiger partial charge in [-0.1, -0.05) is 48.5 Å². The van der Waals surface area contributed by atoms with Crippen molar-refractivity contribution < 1.29 is 13.5 Å². The Balaban J connectivity index is 1.71. The first-order chi connectivity index (χ1) is 13.5. The molecule has 0 saturated heterocycles. The predicted molar refractivity (Wildman–Crippen MR) is 111 cm³/mol. The summed E-state index contributed by atoms with van der Waals surface area (Å²) in [5, 5.41) is 13.2. The molecule has 1 aromatic heterocycles. The fourth-order valence-corrected chi connectivity index (χ4v) is 4.26. The van der Waals surface area contributed by atoms with E-state index in [0.29, 0.717) is 18.1 Å². The molecule has 7 heteroatoms. The molecule has 2 aromatic carbocycles. The maximum Gasteiger partial charge on any atom is 0.265 e. The standard InChI is InChI=1S/C21H23N3O3S/c1-2-24(18-11-7-4-8-12-18)28(26,27)19-13-14-21(22-15-19)23-16-20(25)17-9-5-3-6-10-17/h3-15,20,25H,2,16H2,1H3,(H,22,23)/t20-/m1/s1. The molecule has 6 nitrogen and oxygen atoms in total. The van der Waals surface area contributed by atoms with E-state index in [2.05, 4.69) is 10.3 Å². The van der Waals surface area contributed by atoms with Crippen LogP contribution in [0.5, 0.6) is 0 Å². The zero-order chi connectivity index (χ0) is 20.0. The van der Waals surface area contributed by atoms with Crippen LogP contribution in [-0.4, -0.2) is 31.6 Å². The fraction of sp³-hybridized carbons (Fsp3) is 0.190. The van der Waals surface area contributed by atoms with E-state index >= 15 is 0 Å². The van der Waals surface area contributed by atoms with Gasteiger partial charge in [0.2, 0.25) is 0 Å². The van der Waals surface area contributed by atoms with Crippen molar-refractivity contribution in [3.05, 3.63) is 84.6 Å². The molecule has 0 saturated carbocycles. The van der Waals surface area contributed by atoms with Crippen molar-refractivity contribution in [1.82, 2.24) is 4.98 Å². The van der Waals surface area contributed by atoms with Crippen molar-refractivity contribution in [1.29, 1.82) is 0 Å². The highest BCUT2D eigenvalue weighted by Crippen LogP contribution is 2.23. The summed E-state index contributed by atoms with van der Waals surface area (Å²) >= 11 is 0. The molecule has 3 aromatic rings. The molecule has 2 N–H and O–H groups in total. The number of anilines is 2. The van der Waals surface area contributed by atoms with Crippen LogP contribution >= 0.6 is 0 Å². The summed E-state index contributed by atoms with van der Waals surface area (Å²) < 4.78 is 27.2. The minimum atomic E-state index is -3.70. The van der Waals surface area contributed by atoms with Gasteiger partial charge in [0.1, 0.15) is 10.7 Å². The molecule has 0 radical (unpaired) electrons. The molecule has 0 unspecified atom stereocenters. The quantitative estimate of drug-likeness (QED) is 0.608. The molecule has 0 aliphatic carbocycles. The second kappa shape index (κ2) is 8.86. The lowest BCUT2D eigenvalue weighted by atomic mass is 10.1. The molecule has 1 atom stereocenters. The van der Waals surface area contributed by atoms with Crippen molar-refractivity contribution in [2.75, 3.05) is 22.7 Å². The number of nitrogens with one attached hydrogen (secondary N) is 1. The van der Waals surface area contributed by atoms with E-state index < -0.39 is 16.1 Å². The smallest absolute Gasteiger partial charge is 0.265 e.